The van der Waals surface area contributed by atoms with Crippen LogP contribution in [0.5, 0.6) is 0 Å². The molecule has 0 atom stereocenters. The first kappa shape index (κ1) is 15.7. The van der Waals surface area contributed by atoms with Gasteiger partial charge in [0.2, 0.25) is 0 Å². The third kappa shape index (κ3) is 3.92. The molecule has 0 amide bonds. The molecule has 21 heavy (non-hydrogen) atoms. The summed E-state index contributed by atoms with van der Waals surface area (Å²) in [6.45, 7) is 9.57. The lowest BCUT2D eigenvalue weighted by Crippen LogP contribution is -2.48. The van der Waals surface area contributed by atoms with Crippen molar-refractivity contribution in [1.82, 2.24) is 9.80 Å². The zero-order valence-electron chi connectivity index (χ0n) is 13.0. The van der Waals surface area contributed by atoms with Crippen LogP contribution in [0.15, 0.2) is 18.2 Å². The Kier molecular flexibility index (Phi) is 5.14. The van der Waals surface area contributed by atoms with Crippen LogP contribution in [0.2, 0.25) is 0 Å². The number of benzene rings is 1. The van der Waals surface area contributed by atoms with Crippen molar-refractivity contribution in [3.63, 3.8) is 0 Å². The zero-order chi connectivity index (χ0) is 15.4. The van der Waals surface area contributed by atoms with Crippen molar-refractivity contribution >= 4 is 11.4 Å². The van der Waals surface area contributed by atoms with Crippen LogP contribution in [0.1, 0.15) is 19.4 Å². The van der Waals surface area contributed by atoms with Gasteiger partial charge in [-0.1, -0.05) is 6.07 Å². The Hall–Kier alpha value is -1.66. The second-order valence-electron chi connectivity index (χ2n) is 5.76. The maximum absolute atomic E-state index is 10.9. The van der Waals surface area contributed by atoms with E-state index < -0.39 is 0 Å². The summed E-state index contributed by atoms with van der Waals surface area (Å²) in [5.74, 6) is 0. The van der Waals surface area contributed by atoms with Gasteiger partial charge in [0.1, 0.15) is 5.69 Å². The first-order chi connectivity index (χ1) is 10.0. The van der Waals surface area contributed by atoms with Gasteiger partial charge in [-0.15, -0.1) is 0 Å². The molecule has 0 radical (unpaired) electrons. The molecule has 0 unspecified atom stereocenters. The van der Waals surface area contributed by atoms with Crippen molar-refractivity contribution in [1.29, 1.82) is 0 Å². The molecular formula is C15H24N4O2. The van der Waals surface area contributed by atoms with Crippen LogP contribution in [-0.2, 0) is 6.54 Å². The van der Waals surface area contributed by atoms with Crippen LogP contribution < -0.4 is 5.32 Å². The van der Waals surface area contributed by atoms with Gasteiger partial charge >= 0.3 is 0 Å². The first-order valence-electron chi connectivity index (χ1n) is 7.42. The van der Waals surface area contributed by atoms with Gasteiger partial charge in [0.15, 0.2) is 0 Å². The van der Waals surface area contributed by atoms with E-state index in [9.17, 15) is 10.1 Å². The van der Waals surface area contributed by atoms with E-state index in [0.717, 1.165) is 38.3 Å². The molecule has 1 N–H and O–H groups in total. The standard InChI is InChI=1S/C15H24N4O2/c1-12(2)18-8-6-17(7-9-18)11-13-4-5-15(19(20)21)14(10-13)16-3/h4-5,10,12,16H,6-9,11H2,1-3H3. The second-order valence-corrected chi connectivity index (χ2v) is 5.76. The molecule has 6 heteroatoms. The van der Waals surface area contributed by atoms with E-state index >= 15 is 0 Å². The zero-order valence-corrected chi connectivity index (χ0v) is 13.0. The summed E-state index contributed by atoms with van der Waals surface area (Å²) in [5, 5.41) is 13.8. The Morgan fingerprint density at radius 1 is 1.29 bits per heavy atom. The van der Waals surface area contributed by atoms with Crippen molar-refractivity contribution < 1.29 is 4.92 Å². The summed E-state index contributed by atoms with van der Waals surface area (Å²) in [7, 11) is 1.72. The van der Waals surface area contributed by atoms with E-state index in [-0.39, 0.29) is 10.6 Å². The number of anilines is 1. The van der Waals surface area contributed by atoms with Crippen LogP contribution in [0.25, 0.3) is 0 Å². The van der Waals surface area contributed by atoms with Crippen molar-refractivity contribution in [2.75, 3.05) is 38.5 Å². The van der Waals surface area contributed by atoms with E-state index in [0.29, 0.717) is 11.7 Å². The fourth-order valence-electron chi connectivity index (χ4n) is 2.74. The van der Waals surface area contributed by atoms with Gasteiger partial charge in [-0.05, 0) is 25.5 Å². The average molecular weight is 292 g/mol. The highest BCUT2D eigenvalue weighted by Crippen LogP contribution is 2.25. The van der Waals surface area contributed by atoms with Gasteiger partial charge < -0.3 is 5.32 Å². The predicted octanol–water partition coefficient (Wildman–Crippen LogP) is 2.16. The van der Waals surface area contributed by atoms with Crippen LogP contribution >= 0.6 is 0 Å². The molecule has 1 aliphatic rings. The molecular weight excluding hydrogens is 268 g/mol. The minimum Gasteiger partial charge on any atom is -0.383 e. The number of rotatable bonds is 5. The van der Waals surface area contributed by atoms with Gasteiger partial charge in [-0.2, -0.15) is 0 Å². The lowest BCUT2D eigenvalue weighted by atomic mass is 10.1. The van der Waals surface area contributed by atoms with Crippen LogP contribution in [0, 0.1) is 10.1 Å². The van der Waals surface area contributed by atoms with E-state index in [4.69, 9.17) is 0 Å². The normalized spacial score (nSPS) is 17.1. The molecule has 0 saturated carbocycles. The van der Waals surface area contributed by atoms with E-state index in [2.05, 4.69) is 29.0 Å². The maximum Gasteiger partial charge on any atom is 0.292 e. The SMILES string of the molecule is CNc1cc(CN2CCN(C(C)C)CC2)ccc1[N+](=O)[O-]. The number of hydrogen-bond donors (Lipinski definition) is 1. The predicted molar refractivity (Wildman–Crippen MR) is 84.6 cm³/mol. The third-order valence-electron chi connectivity index (χ3n) is 4.07. The number of nitrogens with one attached hydrogen (secondary N) is 1. The highest BCUT2D eigenvalue weighted by Gasteiger charge is 2.19. The fourth-order valence-corrected chi connectivity index (χ4v) is 2.74. The van der Waals surface area contributed by atoms with Gasteiger partial charge in [0.05, 0.1) is 4.92 Å². The molecule has 2 rings (SSSR count). The second kappa shape index (κ2) is 6.87. The van der Waals surface area contributed by atoms with E-state index in [1.807, 2.05) is 12.1 Å². The summed E-state index contributed by atoms with van der Waals surface area (Å²) in [5.41, 5.74) is 1.83. The molecule has 1 fully saturated rings. The van der Waals surface area contributed by atoms with E-state index in [1.165, 1.54) is 0 Å². The van der Waals surface area contributed by atoms with Gasteiger partial charge in [-0.25, -0.2) is 0 Å². The summed E-state index contributed by atoms with van der Waals surface area (Å²) < 4.78 is 0. The fraction of sp³-hybridized carbons (Fsp3) is 0.600. The molecule has 1 aromatic rings. The molecule has 1 aliphatic heterocycles. The number of nitrogens with zero attached hydrogens (tertiary/aromatic N) is 3. The van der Waals surface area contributed by atoms with Gasteiger partial charge in [-0.3, -0.25) is 19.9 Å². The number of hydrogen-bond acceptors (Lipinski definition) is 5. The van der Waals surface area contributed by atoms with Crippen LogP contribution in [-0.4, -0.2) is 54.0 Å². The molecule has 1 aromatic carbocycles. The maximum atomic E-state index is 10.9. The first-order valence-corrected chi connectivity index (χ1v) is 7.42. The minimum atomic E-state index is -0.350. The third-order valence-corrected chi connectivity index (χ3v) is 4.07. The molecule has 1 saturated heterocycles. The van der Waals surface area contributed by atoms with Crippen LogP contribution in [0.3, 0.4) is 0 Å². The molecule has 0 spiro atoms. The molecule has 0 bridgehead atoms. The summed E-state index contributed by atoms with van der Waals surface area (Å²) in [4.78, 5) is 15.5. The van der Waals surface area contributed by atoms with E-state index in [1.54, 1.807) is 13.1 Å². The average Bonchev–Trinajstić information content (AvgIpc) is 2.47. The van der Waals surface area contributed by atoms with Crippen molar-refractivity contribution in [3.8, 4) is 0 Å². The number of nitro groups is 1. The summed E-state index contributed by atoms with van der Waals surface area (Å²) >= 11 is 0. The quantitative estimate of drug-likeness (QED) is 0.665. The molecule has 1 heterocycles. The lowest BCUT2D eigenvalue weighted by molar-refractivity contribution is -0.384. The smallest absolute Gasteiger partial charge is 0.292 e. The number of piperazine rings is 1. The van der Waals surface area contributed by atoms with Crippen molar-refractivity contribution in [3.05, 3.63) is 33.9 Å². The Morgan fingerprint density at radius 2 is 1.95 bits per heavy atom. The molecule has 6 nitrogen and oxygen atoms in total. The molecule has 116 valence electrons. The lowest BCUT2D eigenvalue weighted by Gasteiger charge is -2.36. The summed E-state index contributed by atoms with van der Waals surface area (Å²) in [6.07, 6.45) is 0. The van der Waals surface area contributed by atoms with Crippen molar-refractivity contribution in [2.24, 2.45) is 0 Å². The number of nitro benzene ring substituents is 1. The van der Waals surface area contributed by atoms with Crippen LogP contribution in [0.4, 0.5) is 11.4 Å². The Balaban J connectivity index is 1.99. The van der Waals surface area contributed by atoms with Crippen molar-refractivity contribution in [2.45, 2.75) is 26.4 Å². The topological polar surface area (TPSA) is 61.6 Å². The molecule has 0 aromatic heterocycles. The Morgan fingerprint density at radius 3 is 2.48 bits per heavy atom. The minimum absolute atomic E-state index is 0.130. The van der Waals surface area contributed by atoms with Gasteiger partial charge in [0.25, 0.3) is 5.69 Å². The van der Waals surface area contributed by atoms with Gasteiger partial charge in [0, 0.05) is 51.9 Å². The Labute approximate surface area is 125 Å². The molecule has 0 aliphatic carbocycles. The highest BCUT2D eigenvalue weighted by molar-refractivity contribution is 5.62. The monoisotopic (exact) mass is 292 g/mol. The largest absolute Gasteiger partial charge is 0.383 e. The summed E-state index contributed by atoms with van der Waals surface area (Å²) in [6, 6.07) is 5.93. The highest BCUT2D eigenvalue weighted by atomic mass is 16.6. The Bertz CT molecular complexity index is 496.